The lowest BCUT2D eigenvalue weighted by molar-refractivity contribution is -0.117. The van der Waals surface area contributed by atoms with Gasteiger partial charge in [0.15, 0.2) is 0 Å². The minimum Gasteiger partial charge on any atom is -0.327 e. The molecule has 0 spiro atoms. The Labute approximate surface area is 154 Å². The van der Waals surface area contributed by atoms with Gasteiger partial charge >= 0.3 is 0 Å². The molecule has 2 atom stereocenters. The van der Waals surface area contributed by atoms with Crippen LogP contribution in [0.4, 0.5) is 5.69 Å². The summed E-state index contributed by atoms with van der Waals surface area (Å²) in [5.41, 5.74) is 3.18. The molecule has 26 heavy (non-hydrogen) atoms. The highest BCUT2D eigenvalue weighted by molar-refractivity contribution is 5.96. The summed E-state index contributed by atoms with van der Waals surface area (Å²) in [5.74, 6) is 1.95. The molecule has 1 aromatic heterocycles. The number of hydrogen-bond donors (Lipinski definition) is 0. The van der Waals surface area contributed by atoms with Gasteiger partial charge < -0.3 is 9.47 Å². The molecule has 0 N–H and O–H groups in total. The third-order valence-corrected chi connectivity index (χ3v) is 5.43. The molecule has 0 radical (unpaired) electrons. The highest BCUT2D eigenvalue weighted by Gasteiger charge is 2.34. The Bertz CT molecular complexity index is 916. The van der Waals surface area contributed by atoms with Crippen molar-refractivity contribution in [2.45, 2.75) is 39.2 Å². The van der Waals surface area contributed by atoms with Crippen molar-refractivity contribution in [3.63, 3.8) is 0 Å². The number of rotatable bonds is 5. The molecule has 0 aliphatic carbocycles. The van der Waals surface area contributed by atoms with E-state index in [0.717, 1.165) is 30.0 Å². The van der Waals surface area contributed by atoms with Gasteiger partial charge in [0.1, 0.15) is 5.82 Å². The van der Waals surface area contributed by atoms with E-state index >= 15 is 0 Å². The summed E-state index contributed by atoms with van der Waals surface area (Å²) in [5, 5.41) is 0. The molecular weight excluding hydrogens is 322 g/mol. The van der Waals surface area contributed by atoms with Crippen molar-refractivity contribution in [3.05, 3.63) is 60.4 Å². The SMILES string of the molecule is CC[C@@H](C)Cn1c([C@@H]2CC(=O)N(c3ccccc3)C2)nc2ccccc21. The first kappa shape index (κ1) is 16.8. The molecule has 1 aliphatic rings. The summed E-state index contributed by atoms with van der Waals surface area (Å²) < 4.78 is 2.34. The molecular formula is C22H25N3O. The number of anilines is 1. The van der Waals surface area contributed by atoms with Crippen LogP contribution in [-0.4, -0.2) is 22.0 Å². The van der Waals surface area contributed by atoms with Crippen molar-refractivity contribution < 1.29 is 4.79 Å². The summed E-state index contributed by atoms with van der Waals surface area (Å²) in [6.07, 6.45) is 1.66. The van der Waals surface area contributed by atoms with Gasteiger partial charge in [-0.15, -0.1) is 0 Å². The standard InChI is InChI=1S/C22H25N3O/c1-3-16(2)14-25-20-12-8-7-11-19(20)23-22(25)17-13-21(26)24(15-17)18-9-5-4-6-10-18/h4-12,16-17H,3,13-15H2,1-2H3/t16-,17-/m1/s1. The van der Waals surface area contributed by atoms with E-state index in [-0.39, 0.29) is 11.8 Å². The fourth-order valence-electron chi connectivity index (χ4n) is 3.78. The fourth-order valence-corrected chi connectivity index (χ4v) is 3.78. The third kappa shape index (κ3) is 3.00. The highest BCUT2D eigenvalue weighted by Crippen LogP contribution is 2.33. The lowest BCUT2D eigenvalue weighted by Crippen LogP contribution is -2.24. The van der Waals surface area contributed by atoms with Gasteiger partial charge in [-0.1, -0.05) is 50.6 Å². The summed E-state index contributed by atoms with van der Waals surface area (Å²) in [6, 6.07) is 18.2. The first-order chi connectivity index (χ1) is 12.7. The summed E-state index contributed by atoms with van der Waals surface area (Å²) in [4.78, 5) is 19.5. The number of imidazole rings is 1. The Morgan fingerprint density at radius 3 is 2.62 bits per heavy atom. The first-order valence-electron chi connectivity index (χ1n) is 9.48. The van der Waals surface area contributed by atoms with Gasteiger partial charge in [0.25, 0.3) is 0 Å². The number of hydrogen-bond acceptors (Lipinski definition) is 2. The maximum absolute atomic E-state index is 12.7. The van der Waals surface area contributed by atoms with Crippen LogP contribution in [0.2, 0.25) is 0 Å². The molecule has 2 heterocycles. The molecule has 1 amide bonds. The Balaban J connectivity index is 1.70. The molecule has 134 valence electrons. The first-order valence-corrected chi connectivity index (χ1v) is 9.48. The molecule has 0 saturated carbocycles. The van der Waals surface area contributed by atoms with E-state index in [2.05, 4.69) is 36.6 Å². The molecule has 0 bridgehead atoms. The number of fused-ring (bicyclic) bond motifs is 1. The van der Waals surface area contributed by atoms with Crippen molar-refractivity contribution in [1.29, 1.82) is 0 Å². The van der Waals surface area contributed by atoms with Gasteiger partial charge in [-0.05, 0) is 30.2 Å². The number of para-hydroxylation sites is 3. The summed E-state index contributed by atoms with van der Waals surface area (Å²) >= 11 is 0. The van der Waals surface area contributed by atoms with Crippen molar-refractivity contribution >= 4 is 22.6 Å². The number of carbonyl (C=O) groups excluding carboxylic acids is 1. The maximum Gasteiger partial charge on any atom is 0.227 e. The second kappa shape index (κ2) is 6.94. The second-order valence-electron chi connectivity index (χ2n) is 7.32. The average molecular weight is 347 g/mol. The van der Waals surface area contributed by atoms with Gasteiger partial charge in [0, 0.05) is 31.1 Å². The van der Waals surface area contributed by atoms with Crippen molar-refractivity contribution in [2.75, 3.05) is 11.4 Å². The van der Waals surface area contributed by atoms with E-state index in [0.29, 0.717) is 18.9 Å². The van der Waals surface area contributed by atoms with Crippen LogP contribution >= 0.6 is 0 Å². The molecule has 4 nitrogen and oxygen atoms in total. The Morgan fingerprint density at radius 1 is 1.12 bits per heavy atom. The summed E-state index contributed by atoms with van der Waals surface area (Å²) in [7, 11) is 0. The molecule has 3 aromatic rings. The topological polar surface area (TPSA) is 38.1 Å². The largest absolute Gasteiger partial charge is 0.327 e. The van der Waals surface area contributed by atoms with Crippen LogP contribution in [0.25, 0.3) is 11.0 Å². The summed E-state index contributed by atoms with van der Waals surface area (Å²) in [6.45, 7) is 6.14. The highest BCUT2D eigenvalue weighted by atomic mass is 16.2. The van der Waals surface area contributed by atoms with Gasteiger partial charge in [-0.25, -0.2) is 4.98 Å². The van der Waals surface area contributed by atoms with E-state index < -0.39 is 0 Å². The molecule has 0 unspecified atom stereocenters. The van der Waals surface area contributed by atoms with Crippen molar-refractivity contribution in [3.8, 4) is 0 Å². The third-order valence-electron chi connectivity index (χ3n) is 5.43. The van der Waals surface area contributed by atoms with Crippen LogP contribution in [0, 0.1) is 5.92 Å². The van der Waals surface area contributed by atoms with E-state index in [1.165, 1.54) is 5.52 Å². The van der Waals surface area contributed by atoms with Crippen LogP contribution in [0.1, 0.15) is 38.4 Å². The molecule has 1 saturated heterocycles. The van der Waals surface area contributed by atoms with E-state index in [4.69, 9.17) is 4.98 Å². The van der Waals surface area contributed by atoms with E-state index in [9.17, 15) is 4.79 Å². The van der Waals surface area contributed by atoms with E-state index in [1.807, 2.05) is 41.3 Å². The van der Waals surface area contributed by atoms with Gasteiger partial charge in [0.05, 0.1) is 11.0 Å². The van der Waals surface area contributed by atoms with Crippen LogP contribution in [-0.2, 0) is 11.3 Å². The van der Waals surface area contributed by atoms with Crippen LogP contribution in [0.5, 0.6) is 0 Å². The zero-order chi connectivity index (χ0) is 18.1. The number of nitrogens with zero attached hydrogens (tertiary/aromatic N) is 3. The van der Waals surface area contributed by atoms with Crippen molar-refractivity contribution in [1.82, 2.24) is 9.55 Å². The zero-order valence-corrected chi connectivity index (χ0v) is 15.4. The monoisotopic (exact) mass is 347 g/mol. The number of benzene rings is 2. The van der Waals surface area contributed by atoms with Crippen LogP contribution in [0.3, 0.4) is 0 Å². The minimum absolute atomic E-state index is 0.138. The predicted octanol–water partition coefficient (Wildman–Crippen LogP) is 4.60. The normalized spacial score (nSPS) is 18.6. The smallest absolute Gasteiger partial charge is 0.227 e. The average Bonchev–Trinajstić information content (AvgIpc) is 3.23. The fraction of sp³-hybridized carbons (Fsp3) is 0.364. The number of amides is 1. The van der Waals surface area contributed by atoms with Crippen molar-refractivity contribution in [2.24, 2.45) is 5.92 Å². The van der Waals surface area contributed by atoms with Crippen LogP contribution in [0.15, 0.2) is 54.6 Å². The molecule has 1 aliphatic heterocycles. The lowest BCUT2D eigenvalue weighted by atomic mass is 10.1. The van der Waals surface area contributed by atoms with Crippen LogP contribution < -0.4 is 4.90 Å². The molecule has 1 fully saturated rings. The number of carbonyl (C=O) groups is 1. The Hall–Kier alpha value is -2.62. The second-order valence-corrected chi connectivity index (χ2v) is 7.32. The molecule has 2 aromatic carbocycles. The van der Waals surface area contributed by atoms with Gasteiger partial charge in [0.2, 0.25) is 5.91 Å². The van der Waals surface area contributed by atoms with Gasteiger partial charge in [-0.2, -0.15) is 0 Å². The molecule has 4 heteroatoms. The Kier molecular flexibility index (Phi) is 4.49. The zero-order valence-electron chi connectivity index (χ0n) is 15.4. The number of aromatic nitrogens is 2. The quantitative estimate of drug-likeness (QED) is 0.676. The van der Waals surface area contributed by atoms with E-state index in [1.54, 1.807) is 0 Å². The maximum atomic E-state index is 12.7. The lowest BCUT2D eigenvalue weighted by Gasteiger charge is -2.18. The molecule has 4 rings (SSSR count). The predicted molar refractivity (Wildman–Crippen MR) is 105 cm³/mol. The Morgan fingerprint density at radius 2 is 1.85 bits per heavy atom. The van der Waals surface area contributed by atoms with Gasteiger partial charge in [-0.3, -0.25) is 4.79 Å². The minimum atomic E-state index is 0.138.